The van der Waals surface area contributed by atoms with E-state index in [2.05, 4.69) is 51.4 Å². The van der Waals surface area contributed by atoms with E-state index in [-0.39, 0.29) is 5.69 Å². The lowest BCUT2D eigenvalue weighted by Crippen LogP contribution is -2.86. The summed E-state index contributed by atoms with van der Waals surface area (Å²) < 4.78 is 60.5. The molecule has 0 aliphatic carbocycles. The minimum Gasteiger partial charge on any atom is -0.368 e. The Kier molecular flexibility index (Phi) is 9.99. The molecule has 0 fully saturated rings. The summed E-state index contributed by atoms with van der Waals surface area (Å²) in [7, 11) is -16.1. The summed E-state index contributed by atoms with van der Waals surface area (Å²) in [4.78, 5) is 0. The Morgan fingerprint density at radius 2 is 0.659 bits per heavy atom. The molecule has 3 aromatic carbocycles. The van der Waals surface area contributed by atoms with Crippen LogP contribution in [0.25, 0.3) is 0 Å². The Morgan fingerprint density at radius 1 is 0.432 bits per heavy atom. The fourth-order valence-electron chi connectivity index (χ4n) is 6.34. The van der Waals surface area contributed by atoms with E-state index in [1.54, 1.807) is 32.9 Å². The predicted octanol–water partition coefficient (Wildman–Crippen LogP) is 11.1. The van der Waals surface area contributed by atoms with Crippen LogP contribution in [0.5, 0.6) is 0 Å². The molecule has 0 aliphatic heterocycles. The van der Waals surface area contributed by atoms with Crippen molar-refractivity contribution in [1.82, 2.24) is 0 Å². The van der Waals surface area contributed by atoms with E-state index < -0.39 is 39.3 Å². The third-order valence-corrected chi connectivity index (χ3v) is 23.5. The van der Waals surface area contributed by atoms with Gasteiger partial charge in [-0.25, -0.2) is 12.3 Å². The summed E-state index contributed by atoms with van der Waals surface area (Å²) in [5.74, 6) is 0. The van der Waals surface area contributed by atoms with Crippen molar-refractivity contribution in [3.05, 3.63) is 88.0 Å². The fourth-order valence-corrected chi connectivity index (χ4v) is 23.2. The zero-order valence-corrected chi connectivity index (χ0v) is 33.7. The van der Waals surface area contributed by atoms with Crippen molar-refractivity contribution in [3.8, 4) is 0 Å². The summed E-state index contributed by atoms with van der Waals surface area (Å²) in [5, 5.41) is -1.43. The zero-order chi connectivity index (χ0) is 33.8. The van der Waals surface area contributed by atoms with Gasteiger partial charge in [0.05, 0.1) is 0 Å². The first kappa shape index (κ1) is 36.2. The van der Waals surface area contributed by atoms with Gasteiger partial charge in [0.15, 0.2) is 0 Å². The second kappa shape index (κ2) is 12.1. The molecule has 0 saturated carbocycles. The number of halogens is 3. The van der Waals surface area contributed by atoms with Gasteiger partial charge < -0.3 is 12.7 Å². The highest BCUT2D eigenvalue weighted by Gasteiger charge is 2.71. The van der Waals surface area contributed by atoms with Crippen LogP contribution in [-0.2, 0) is 0 Å². The second-order valence-electron chi connectivity index (χ2n) is 15.7. The van der Waals surface area contributed by atoms with Gasteiger partial charge in [-0.2, -0.15) is 0 Å². The SMILES string of the molecule is Cc1cc(C)cc(N([Si](C)(C)C)[Si](F)(N(c2cc(C)cc(C)c2)[Si](C)(C)C)N(c2cc(C)cc(C)c2)[Si](F)(F)C(C)(C)C)c1. The number of aryl methyl sites for hydroxylation is 6. The van der Waals surface area contributed by atoms with Crippen LogP contribution in [0, 0.1) is 41.5 Å². The van der Waals surface area contributed by atoms with E-state index in [4.69, 9.17) is 0 Å². The highest BCUT2D eigenvalue weighted by atomic mass is 28.5. The molecule has 0 radical (unpaired) electrons. The number of anilines is 3. The van der Waals surface area contributed by atoms with Crippen molar-refractivity contribution in [2.45, 2.75) is 107 Å². The maximum Gasteiger partial charge on any atom is 0.563 e. The summed E-state index contributed by atoms with van der Waals surface area (Å²) >= 11 is 0. The Labute approximate surface area is 270 Å². The Balaban J connectivity index is 2.73. The van der Waals surface area contributed by atoms with Crippen molar-refractivity contribution in [2.75, 3.05) is 12.7 Å². The van der Waals surface area contributed by atoms with Crippen LogP contribution in [-0.4, -0.2) is 34.3 Å². The molecule has 0 amide bonds. The molecule has 242 valence electrons. The quantitative estimate of drug-likeness (QED) is 0.165. The molecule has 0 spiro atoms. The smallest absolute Gasteiger partial charge is 0.368 e. The highest BCUT2D eigenvalue weighted by molar-refractivity contribution is 7.13. The summed E-state index contributed by atoms with van der Waals surface area (Å²) in [6.45, 7) is 29.1. The number of hydrogen-bond donors (Lipinski definition) is 0. The van der Waals surface area contributed by atoms with Crippen molar-refractivity contribution in [1.29, 1.82) is 0 Å². The monoisotopic (exact) mass is 673 g/mol. The van der Waals surface area contributed by atoms with Gasteiger partial charge >= 0.3 is 17.8 Å². The van der Waals surface area contributed by atoms with E-state index in [0.29, 0.717) is 11.4 Å². The number of nitrogens with zero attached hydrogens (tertiary/aromatic N) is 3. The summed E-state index contributed by atoms with van der Waals surface area (Å²) in [5.41, 5.74) is 7.31. The van der Waals surface area contributed by atoms with Gasteiger partial charge in [0.1, 0.15) is 16.5 Å². The van der Waals surface area contributed by atoms with Gasteiger partial charge in [0, 0.05) is 22.1 Å². The van der Waals surface area contributed by atoms with Gasteiger partial charge in [-0.15, -0.1) is 0 Å². The number of rotatable bonds is 9. The Morgan fingerprint density at radius 3 is 0.864 bits per heavy atom. The van der Waals surface area contributed by atoms with Crippen molar-refractivity contribution in [3.63, 3.8) is 0 Å². The summed E-state index contributed by atoms with van der Waals surface area (Å²) in [6, 6.07) is 17.6. The average molecular weight is 674 g/mol. The third kappa shape index (κ3) is 7.23. The van der Waals surface area contributed by atoms with Crippen LogP contribution in [0.15, 0.2) is 54.6 Å². The van der Waals surface area contributed by atoms with Crippen LogP contribution in [0.2, 0.25) is 44.3 Å². The molecule has 0 bridgehead atoms. The third-order valence-electron chi connectivity index (χ3n) is 7.77. The molecule has 0 saturated heterocycles. The topological polar surface area (TPSA) is 9.72 Å². The van der Waals surface area contributed by atoms with E-state index in [9.17, 15) is 0 Å². The second-order valence-corrected chi connectivity index (χ2v) is 32.1. The van der Waals surface area contributed by atoms with E-state index in [0.717, 1.165) is 37.6 Å². The van der Waals surface area contributed by atoms with Crippen LogP contribution in [0.4, 0.5) is 29.4 Å². The van der Waals surface area contributed by atoms with Crippen LogP contribution in [0.3, 0.4) is 0 Å². The molecule has 44 heavy (non-hydrogen) atoms. The number of benzene rings is 3. The molecular weight excluding hydrogens is 620 g/mol. The van der Waals surface area contributed by atoms with Gasteiger partial charge in [-0.05, 0) is 111 Å². The predicted molar refractivity (Wildman–Crippen MR) is 196 cm³/mol. The fraction of sp³-hybridized carbons (Fsp3) is 0.471. The molecular formula is C34H54F3N3Si4. The molecule has 0 unspecified atom stereocenters. The maximum absolute atomic E-state index is 20.2. The number of hydrogen-bond acceptors (Lipinski definition) is 3. The zero-order valence-electron chi connectivity index (χ0n) is 29.7. The van der Waals surface area contributed by atoms with E-state index >= 15 is 12.3 Å². The van der Waals surface area contributed by atoms with Gasteiger partial charge in [-0.3, -0.25) is 0 Å². The minimum atomic E-state index is -5.58. The van der Waals surface area contributed by atoms with Crippen molar-refractivity contribution in [2.24, 2.45) is 0 Å². The maximum atomic E-state index is 20.2. The Bertz CT molecular complexity index is 1380. The summed E-state index contributed by atoms with van der Waals surface area (Å²) in [6.07, 6.45) is 0. The normalized spacial score (nSPS) is 13.2. The largest absolute Gasteiger partial charge is 0.563 e. The first-order valence-electron chi connectivity index (χ1n) is 15.5. The van der Waals surface area contributed by atoms with Crippen molar-refractivity contribution >= 4 is 51.3 Å². The average Bonchev–Trinajstić information content (AvgIpc) is 2.74. The molecule has 0 atom stereocenters. The van der Waals surface area contributed by atoms with Crippen LogP contribution in [0.1, 0.15) is 54.2 Å². The molecule has 0 N–H and O–H groups in total. The molecule has 0 aromatic heterocycles. The molecule has 3 nitrogen and oxygen atoms in total. The van der Waals surface area contributed by atoms with Crippen molar-refractivity contribution < 1.29 is 12.3 Å². The molecule has 3 rings (SSSR count). The van der Waals surface area contributed by atoms with Crippen LogP contribution < -0.4 is 12.7 Å². The van der Waals surface area contributed by atoms with Gasteiger partial charge in [0.2, 0.25) is 0 Å². The standard InChI is InChI=1S/C34H54F3N3Si4/c1-25-16-26(2)20-31(19-25)38(41(10,11)12)44(37,39(42(13,14)15)32-21-27(3)17-28(4)22-32)40(43(35,36)34(7,8)9)33-23-29(5)18-30(6)24-33/h16-24H,1-15H3. The Hall–Kier alpha value is -2.28. The lowest BCUT2D eigenvalue weighted by Gasteiger charge is -2.59. The molecule has 0 aliphatic rings. The lowest BCUT2D eigenvalue weighted by atomic mass is 10.1. The first-order chi connectivity index (χ1) is 19.8. The van der Waals surface area contributed by atoms with Gasteiger partial charge in [-0.1, -0.05) is 78.3 Å². The highest BCUT2D eigenvalue weighted by Crippen LogP contribution is 2.50. The first-order valence-corrected chi connectivity index (χ1v) is 25.8. The lowest BCUT2D eigenvalue weighted by molar-refractivity contribution is 0.491. The van der Waals surface area contributed by atoms with Crippen LogP contribution >= 0.6 is 0 Å². The molecule has 3 aromatic rings. The molecule has 0 heterocycles. The van der Waals surface area contributed by atoms with Gasteiger partial charge in [0.25, 0.3) is 0 Å². The minimum absolute atomic E-state index is 0.281. The van der Waals surface area contributed by atoms with E-state index in [1.165, 1.54) is 0 Å². The molecule has 10 heteroatoms. The van der Waals surface area contributed by atoms with E-state index in [1.807, 2.05) is 80.3 Å².